The van der Waals surface area contributed by atoms with E-state index in [4.69, 9.17) is 0 Å². The molecule has 1 aliphatic rings. The van der Waals surface area contributed by atoms with Crippen molar-refractivity contribution in [2.75, 3.05) is 13.6 Å². The SMILES string of the molecule is CC1CC1CN(C)Cc1ccccc1B(O)O. The van der Waals surface area contributed by atoms with Gasteiger partial charge in [0, 0.05) is 13.1 Å². The Labute approximate surface area is 103 Å². The Hall–Kier alpha value is -0.835. The minimum Gasteiger partial charge on any atom is -0.423 e. The van der Waals surface area contributed by atoms with Crippen LogP contribution < -0.4 is 5.46 Å². The summed E-state index contributed by atoms with van der Waals surface area (Å²) in [5, 5.41) is 18.6. The number of benzene rings is 1. The lowest BCUT2D eigenvalue weighted by molar-refractivity contribution is 0.308. The van der Waals surface area contributed by atoms with Crippen LogP contribution in [0.15, 0.2) is 24.3 Å². The molecule has 2 rings (SSSR count). The summed E-state index contributed by atoms with van der Waals surface area (Å²) in [6.45, 7) is 4.15. The van der Waals surface area contributed by atoms with Crippen molar-refractivity contribution in [3.8, 4) is 0 Å². The Balaban J connectivity index is 1.97. The van der Waals surface area contributed by atoms with Crippen molar-refractivity contribution in [2.45, 2.75) is 19.9 Å². The van der Waals surface area contributed by atoms with E-state index in [1.807, 2.05) is 18.2 Å². The Morgan fingerprint density at radius 3 is 2.59 bits per heavy atom. The summed E-state index contributed by atoms with van der Waals surface area (Å²) in [4.78, 5) is 2.26. The highest BCUT2D eigenvalue weighted by atomic mass is 16.4. The molecular weight excluding hydrogens is 213 g/mol. The van der Waals surface area contributed by atoms with Crippen molar-refractivity contribution in [3.05, 3.63) is 29.8 Å². The Morgan fingerprint density at radius 2 is 2.00 bits per heavy atom. The van der Waals surface area contributed by atoms with E-state index in [1.165, 1.54) is 6.42 Å². The van der Waals surface area contributed by atoms with Gasteiger partial charge in [0.25, 0.3) is 0 Å². The summed E-state index contributed by atoms with van der Waals surface area (Å²) in [5.41, 5.74) is 1.61. The molecule has 17 heavy (non-hydrogen) atoms. The predicted molar refractivity (Wildman–Crippen MR) is 69.9 cm³/mol. The largest absolute Gasteiger partial charge is 0.488 e. The van der Waals surface area contributed by atoms with Gasteiger partial charge in [-0.2, -0.15) is 0 Å². The van der Waals surface area contributed by atoms with E-state index in [-0.39, 0.29) is 0 Å². The molecule has 0 aromatic heterocycles. The number of hydrogen-bond donors (Lipinski definition) is 2. The van der Waals surface area contributed by atoms with Crippen LogP contribution in [0.5, 0.6) is 0 Å². The Kier molecular flexibility index (Phi) is 3.87. The lowest BCUT2D eigenvalue weighted by Gasteiger charge is -2.18. The first-order valence-corrected chi connectivity index (χ1v) is 6.20. The number of nitrogens with zero attached hydrogens (tertiary/aromatic N) is 1. The lowest BCUT2D eigenvalue weighted by atomic mass is 9.77. The van der Waals surface area contributed by atoms with Crippen LogP contribution in [0.3, 0.4) is 0 Å². The van der Waals surface area contributed by atoms with Gasteiger partial charge in [0.2, 0.25) is 0 Å². The third kappa shape index (κ3) is 3.31. The number of hydrogen-bond acceptors (Lipinski definition) is 3. The Bertz CT molecular complexity index is 383. The van der Waals surface area contributed by atoms with Crippen LogP contribution in [-0.2, 0) is 6.54 Å². The van der Waals surface area contributed by atoms with Crippen LogP contribution in [0.1, 0.15) is 18.9 Å². The molecule has 1 aliphatic carbocycles. The van der Waals surface area contributed by atoms with Gasteiger partial charge in [-0.15, -0.1) is 0 Å². The molecule has 0 spiro atoms. The first-order valence-electron chi connectivity index (χ1n) is 6.20. The molecule has 0 aliphatic heterocycles. The number of rotatable bonds is 5. The molecule has 0 bridgehead atoms. The van der Waals surface area contributed by atoms with Gasteiger partial charge in [-0.05, 0) is 36.3 Å². The molecule has 2 N–H and O–H groups in total. The fourth-order valence-corrected chi connectivity index (χ4v) is 2.34. The predicted octanol–water partition coefficient (Wildman–Crippen LogP) is 0.454. The van der Waals surface area contributed by atoms with Crippen molar-refractivity contribution >= 4 is 12.6 Å². The fourth-order valence-electron chi connectivity index (χ4n) is 2.34. The fraction of sp³-hybridized carbons (Fsp3) is 0.538. The smallest absolute Gasteiger partial charge is 0.423 e. The topological polar surface area (TPSA) is 43.7 Å². The van der Waals surface area contributed by atoms with Crippen LogP contribution in [-0.4, -0.2) is 35.7 Å². The lowest BCUT2D eigenvalue weighted by Crippen LogP contribution is -2.35. The van der Waals surface area contributed by atoms with Crippen molar-refractivity contribution in [1.29, 1.82) is 0 Å². The molecule has 0 amide bonds. The van der Waals surface area contributed by atoms with Gasteiger partial charge in [-0.1, -0.05) is 31.2 Å². The molecule has 1 aromatic rings. The second-order valence-electron chi connectivity index (χ2n) is 5.24. The minimum atomic E-state index is -1.38. The molecular formula is C13H20BNO2. The molecule has 0 radical (unpaired) electrons. The Morgan fingerprint density at radius 1 is 1.35 bits per heavy atom. The highest BCUT2D eigenvalue weighted by molar-refractivity contribution is 6.59. The van der Waals surface area contributed by atoms with Crippen molar-refractivity contribution < 1.29 is 10.0 Å². The zero-order valence-corrected chi connectivity index (χ0v) is 10.5. The summed E-state index contributed by atoms with van der Waals surface area (Å²) in [7, 11) is 0.713. The van der Waals surface area contributed by atoms with Crippen molar-refractivity contribution in [1.82, 2.24) is 4.90 Å². The second-order valence-corrected chi connectivity index (χ2v) is 5.24. The van der Waals surface area contributed by atoms with Gasteiger partial charge in [0.05, 0.1) is 0 Å². The zero-order valence-electron chi connectivity index (χ0n) is 10.5. The third-order valence-corrected chi connectivity index (χ3v) is 3.60. The average molecular weight is 233 g/mol. The molecule has 4 heteroatoms. The molecule has 1 aromatic carbocycles. The first-order chi connectivity index (χ1) is 8.08. The third-order valence-electron chi connectivity index (χ3n) is 3.60. The second kappa shape index (κ2) is 5.21. The summed E-state index contributed by atoms with van der Waals surface area (Å²) in [6, 6.07) is 7.51. The van der Waals surface area contributed by atoms with Gasteiger partial charge >= 0.3 is 7.12 Å². The van der Waals surface area contributed by atoms with Gasteiger partial charge in [-0.3, -0.25) is 0 Å². The van der Waals surface area contributed by atoms with E-state index in [9.17, 15) is 10.0 Å². The maximum atomic E-state index is 9.29. The van der Waals surface area contributed by atoms with Crippen LogP contribution >= 0.6 is 0 Å². The van der Waals surface area contributed by atoms with Crippen LogP contribution in [0.25, 0.3) is 0 Å². The molecule has 0 heterocycles. The van der Waals surface area contributed by atoms with Gasteiger partial charge in [0.15, 0.2) is 0 Å². The first kappa shape index (κ1) is 12.6. The van der Waals surface area contributed by atoms with Crippen LogP contribution in [0.4, 0.5) is 0 Å². The van der Waals surface area contributed by atoms with Gasteiger partial charge in [-0.25, -0.2) is 0 Å². The normalized spacial score (nSPS) is 22.9. The maximum absolute atomic E-state index is 9.29. The molecule has 0 saturated heterocycles. The quantitative estimate of drug-likeness (QED) is 0.726. The van der Waals surface area contributed by atoms with E-state index in [0.717, 1.165) is 30.5 Å². The summed E-state index contributed by atoms with van der Waals surface area (Å²) < 4.78 is 0. The summed E-state index contributed by atoms with van der Waals surface area (Å²) in [6.07, 6.45) is 1.33. The highest BCUT2D eigenvalue weighted by Crippen LogP contribution is 2.38. The molecule has 92 valence electrons. The molecule has 1 fully saturated rings. The highest BCUT2D eigenvalue weighted by Gasteiger charge is 2.33. The van der Waals surface area contributed by atoms with Crippen molar-refractivity contribution in [2.24, 2.45) is 11.8 Å². The standard InChI is InChI=1S/C13H20BNO2/c1-10-7-12(10)9-15(2)8-11-5-3-4-6-13(11)14(16)17/h3-6,10,12,16-17H,7-9H2,1-2H3. The maximum Gasteiger partial charge on any atom is 0.488 e. The molecule has 2 atom stereocenters. The van der Waals surface area contributed by atoms with Crippen molar-refractivity contribution in [3.63, 3.8) is 0 Å². The van der Waals surface area contributed by atoms with E-state index < -0.39 is 7.12 Å². The van der Waals surface area contributed by atoms with E-state index >= 15 is 0 Å². The van der Waals surface area contributed by atoms with E-state index in [2.05, 4.69) is 18.9 Å². The van der Waals surface area contributed by atoms with Crippen LogP contribution in [0.2, 0.25) is 0 Å². The average Bonchev–Trinajstić information content (AvgIpc) is 2.94. The van der Waals surface area contributed by atoms with Gasteiger partial charge < -0.3 is 14.9 Å². The summed E-state index contributed by atoms with van der Waals surface area (Å²) >= 11 is 0. The molecule has 2 unspecified atom stereocenters. The van der Waals surface area contributed by atoms with Crippen LogP contribution in [0, 0.1) is 11.8 Å². The summed E-state index contributed by atoms with van der Waals surface area (Å²) in [5.74, 6) is 1.68. The van der Waals surface area contributed by atoms with E-state index in [1.54, 1.807) is 6.07 Å². The molecule has 1 saturated carbocycles. The zero-order chi connectivity index (χ0) is 12.4. The monoisotopic (exact) mass is 233 g/mol. The van der Waals surface area contributed by atoms with Gasteiger partial charge in [0.1, 0.15) is 0 Å². The van der Waals surface area contributed by atoms with E-state index in [0.29, 0.717) is 5.46 Å². The minimum absolute atomic E-state index is 0.614. The molecule has 3 nitrogen and oxygen atoms in total.